The summed E-state index contributed by atoms with van der Waals surface area (Å²) in [5, 5.41) is 8.94. The minimum Gasteiger partial charge on any atom is -0.493 e. The zero-order chi connectivity index (χ0) is 14.5. The van der Waals surface area contributed by atoms with Crippen LogP contribution in [0.15, 0.2) is 12.1 Å². The van der Waals surface area contributed by atoms with Crippen molar-refractivity contribution in [1.82, 2.24) is 0 Å². The van der Waals surface area contributed by atoms with E-state index < -0.39 is 0 Å². The van der Waals surface area contributed by atoms with Crippen LogP contribution in [0.1, 0.15) is 49.8 Å². The largest absolute Gasteiger partial charge is 0.493 e. The van der Waals surface area contributed by atoms with Crippen LogP contribution in [-0.2, 0) is 0 Å². The van der Waals surface area contributed by atoms with Crippen molar-refractivity contribution >= 4 is 0 Å². The van der Waals surface area contributed by atoms with Gasteiger partial charge in [0.15, 0.2) is 0 Å². The Kier molecular flexibility index (Phi) is 5.42. The minimum atomic E-state index is -0.212. The highest BCUT2D eigenvalue weighted by atomic mass is 16.5. The summed E-state index contributed by atoms with van der Waals surface area (Å²) in [4.78, 5) is 0. The van der Waals surface area contributed by atoms with Crippen LogP contribution in [0.4, 0.5) is 0 Å². The van der Waals surface area contributed by atoms with Gasteiger partial charge in [0.2, 0.25) is 0 Å². The van der Waals surface area contributed by atoms with E-state index >= 15 is 0 Å². The van der Waals surface area contributed by atoms with Crippen LogP contribution in [0, 0.1) is 37.5 Å². The molecule has 0 aliphatic carbocycles. The molecule has 2 nitrogen and oxygen atoms in total. The van der Waals surface area contributed by atoms with Crippen LogP contribution in [0.25, 0.3) is 0 Å². The summed E-state index contributed by atoms with van der Waals surface area (Å²) in [6, 6.07) is 6.61. The van der Waals surface area contributed by atoms with Crippen LogP contribution in [-0.4, -0.2) is 6.61 Å². The molecule has 1 rings (SSSR count). The van der Waals surface area contributed by atoms with E-state index in [9.17, 15) is 0 Å². The lowest BCUT2D eigenvalue weighted by Crippen LogP contribution is -2.08. The normalized spacial score (nSPS) is 11.2. The van der Waals surface area contributed by atoms with Crippen molar-refractivity contribution in [3.8, 4) is 11.8 Å². The first kappa shape index (κ1) is 15.6. The van der Waals surface area contributed by atoms with E-state index in [1.54, 1.807) is 0 Å². The molecule has 0 bridgehead atoms. The van der Waals surface area contributed by atoms with Crippen molar-refractivity contribution < 1.29 is 4.74 Å². The highest BCUT2D eigenvalue weighted by Crippen LogP contribution is 2.24. The van der Waals surface area contributed by atoms with Crippen molar-refractivity contribution in [2.45, 2.75) is 53.9 Å². The Labute approximate surface area is 117 Å². The van der Waals surface area contributed by atoms with Crippen molar-refractivity contribution in [3.63, 3.8) is 0 Å². The van der Waals surface area contributed by atoms with Gasteiger partial charge in [-0.3, -0.25) is 0 Å². The molecule has 0 spiro atoms. The van der Waals surface area contributed by atoms with Crippen LogP contribution in [0.3, 0.4) is 0 Å². The Balaban J connectivity index is 2.41. The number of nitrogens with zero attached hydrogens (tertiary/aromatic N) is 1. The van der Waals surface area contributed by atoms with Crippen molar-refractivity contribution in [1.29, 1.82) is 5.26 Å². The number of benzene rings is 1. The molecule has 104 valence electrons. The Morgan fingerprint density at radius 2 is 1.84 bits per heavy atom. The summed E-state index contributed by atoms with van der Waals surface area (Å²) < 4.78 is 5.86. The molecule has 0 atom stereocenters. The average molecular weight is 259 g/mol. The molecular formula is C17H25NO. The van der Waals surface area contributed by atoms with E-state index in [4.69, 9.17) is 10.00 Å². The zero-order valence-electron chi connectivity index (χ0n) is 12.8. The van der Waals surface area contributed by atoms with Gasteiger partial charge in [-0.1, -0.05) is 6.07 Å². The number of aryl methyl sites for hydroxylation is 2. The number of nitriles is 1. The Morgan fingerprint density at radius 3 is 2.47 bits per heavy atom. The standard InChI is InChI=1S/C17H25NO/c1-13-10-14(2)15(3)16(11-13)19-9-7-6-8-17(4,5)12-18/h10-11H,6-9H2,1-5H3. The molecule has 0 N–H and O–H groups in total. The van der Waals surface area contributed by atoms with Crippen molar-refractivity contribution in [2.75, 3.05) is 6.61 Å². The third-order valence-electron chi connectivity index (χ3n) is 3.52. The predicted octanol–water partition coefficient (Wildman–Crippen LogP) is 4.71. The van der Waals surface area contributed by atoms with Crippen molar-refractivity contribution in [3.05, 3.63) is 28.8 Å². The van der Waals surface area contributed by atoms with Crippen molar-refractivity contribution in [2.24, 2.45) is 5.41 Å². The van der Waals surface area contributed by atoms with Gasteiger partial charge >= 0.3 is 0 Å². The van der Waals surface area contributed by atoms with Crippen LogP contribution in [0.5, 0.6) is 5.75 Å². The first-order valence-corrected chi connectivity index (χ1v) is 6.97. The summed E-state index contributed by atoms with van der Waals surface area (Å²) in [7, 11) is 0. The molecule has 0 aliphatic rings. The highest BCUT2D eigenvalue weighted by molar-refractivity contribution is 5.41. The second kappa shape index (κ2) is 6.61. The second-order valence-corrected chi connectivity index (χ2v) is 6.01. The third-order valence-corrected chi connectivity index (χ3v) is 3.52. The first-order chi connectivity index (χ1) is 8.85. The fourth-order valence-corrected chi connectivity index (χ4v) is 2.06. The highest BCUT2D eigenvalue weighted by Gasteiger charge is 2.15. The van der Waals surface area contributed by atoms with E-state index in [1.165, 1.54) is 16.7 Å². The smallest absolute Gasteiger partial charge is 0.122 e. The molecule has 1 aromatic carbocycles. The molecule has 0 unspecified atom stereocenters. The maximum absolute atomic E-state index is 8.94. The fourth-order valence-electron chi connectivity index (χ4n) is 2.06. The quantitative estimate of drug-likeness (QED) is 0.693. The lowest BCUT2D eigenvalue weighted by molar-refractivity contribution is 0.293. The topological polar surface area (TPSA) is 33.0 Å². The predicted molar refractivity (Wildman–Crippen MR) is 79.4 cm³/mol. The fraction of sp³-hybridized carbons (Fsp3) is 0.588. The summed E-state index contributed by atoms with van der Waals surface area (Å²) in [6.07, 6.45) is 2.96. The number of hydrogen-bond acceptors (Lipinski definition) is 2. The zero-order valence-corrected chi connectivity index (χ0v) is 12.8. The Hall–Kier alpha value is -1.49. The van der Waals surface area contributed by atoms with Gasteiger partial charge in [0.25, 0.3) is 0 Å². The molecule has 2 heteroatoms. The van der Waals surface area contributed by atoms with Gasteiger partial charge in [-0.15, -0.1) is 0 Å². The van der Waals surface area contributed by atoms with Gasteiger partial charge in [-0.25, -0.2) is 0 Å². The second-order valence-electron chi connectivity index (χ2n) is 6.01. The number of rotatable bonds is 6. The average Bonchev–Trinajstić information content (AvgIpc) is 2.34. The van der Waals surface area contributed by atoms with Gasteiger partial charge in [0.1, 0.15) is 5.75 Å². The lowest BCUT2D eigenvalue weighted by Gasteiger charge is -2.15. The summed E-state index contributed by atoms with van der Waals surface area (Å²) in [5.41, 5.74) is 3.53. The van der Waals surface area contributed by atoms with E-state index in [1.807, 2.05) is 13.8 Å². The minimum absolute atomic E-state index is 0.212. The molecule has 0 aromatic heterocycles. The Bertz CT molecular complexity index is 469. The Morgan fingerprint density at radius 1 is 1.16 bits per heavy atom. The van der Waals surface area contributed by atoms with E-state index in [0.717, 1.165) is 31.6 Å². The number of ether oxygens (including phenoxy) is 1. The van der Waals surface area contributed by atoms with E-state index in [2.05, 4.69) is 39.0 Å². The van der Waals surface area contributed by atoms with Crippen LogP contribution < -0.4 is 4.74 Å². The summed E-state index contributed by atoms with van der Waals surface area (Å²) >= 11 is 0. The summed E-state index contributed by atoms with van der Waals surface area (Å²) in [5.74, 6) is 0.997. The van der Waals surface area contributed by atoms with Gasteiger partial charge in [0.05, 0.1) is 18.1 Å². The molecular weight excluding hydrogens is 234 g/mol. The van der Waals surface area contributed by atoms with Crippen LogP contribution >= 0.6 is 0 Å². The van der Waals surface area contributed by atoms with Gasteiger partial charge in [-0.05, 0) is 76.6 Å². The van der Waals surface area contributed by atoms with Crippen LogP contribution in [0.2, 0.25) is 0 Å². The molecule has 0 fully saturated rings. The first-order valence-electron chi connectivity index (χ1n) is 6.97. The molecule has 0 heterocycles. The summed E-state index contributed by atoms with van der Waals surface area (Å²) in [6.45, 7) is 11.0. The van der Waals surface area contributed by atoms with Gasteiger partial charge in [0, 0.05) is 0 Å². The molecule has 1 aromatic rings. The SMILES string of the molecule is Cc1cc(C)c(C)c(OCCCCC(C)(C)C#N)c1. The molecule has 0 saturated carbocycles. The number of hydrogen-bond donors (Lipinski definition) is 0. The molecule has 19 heavy (non-hydrogen) atoms. The van der Waals surface area contributed by atoms with E-state index in [-0.39, 0.29) is 5.41 Å². The van der Waals surface area contributed by atoms with Gasteiger partial charge in [-0.2, -0.15) is 5.26 Å². The third kappa shape index (κ3) is 4.95. The maximum Gasteiger partial charge on any atom is 0.122 e. The molecule has 0 amide bonds. The molecule has 0 radical (unpaired) electrons. The molecule has 0 saturated heterocycles. The maximum atomic E-state index is 8.94. The lowest BCUT2D eigenvalue weighted by atomic mass is 9.89. The molecule has 0 aliphatic heterocycles. The number of unbranched alkanes of at least 4 members (excludes halogenated alkanes) is 1. The monoisotopic (exact) mass is 259 g/mol. The van der Waals surface area contributed by atoms with E-state index in [0.29, 0.717) is 0 Å². The van der Waals surface area contributed by atoms with Gasteiger partial charge < -0.3 is 4.74 Å².